The van der Waals surface area contributed by atoms with E-state index in [0.717, 1.165) is 0 Å². The van der Waals surface area contributed by atoms with Crippen molar-refractivity contribution in [2.75, 3.05) is 13.2 Å². The van der Waals surface area contributed by atoms with Gasteiger partial charge in [0.2, 0.25) is 5.43 Å². The lowest BCUT2D eigenvalue weighted by Gasteiger charge is -2.10. The van der Waals surface area contributed by atoms with Crippen molar-refractivity contribution in [2.24, 2.45) is 11.7 Å². The highest BCUT2D eigenvalue weighted by atomic mass is 16.5. The first-order valence-corrected chi connectivity index (χ1v) is 8.46. The average molecular weight is 341 g/mol. The second kappa shape index (κ2) is 7.15. The molecule has 1 unspecified atom stereocenters. The van der Waals surface area contributed by atoms with Crippen LogP contribution in [-0.4, -0.2) is 19.3 Å². The molecule has 1 aromatic heterocycles. The fraction of sp³-hybridized carbons (Fsp3) is 0.350. The van der Waals surface area contributed by atoms with Gasteiger partial charge in [-0.2, -0.15) is 0 Å². The molecule has 5 heteroatoms. The Morgan fingerprint density at radius 1 is 0.920 bits per heavy atom. The molecule has 0 radical (unpaired) electrons. The highest BCUT2D eigenvalue weighted by Crippen LogP contribution is 2.25. The first kappa shape index (κ1) is 17.3. The number of ether oxygens (including phenoxy) is 2. The van der Waals surface area contributed by atoms with E-state index in [-0.39, 0.29) is 11.5 Å². The normalized spacial score (nSPS) is 12.7. The highest BCUT2D eigenvalue weighted by Gasteiger charge is 2.11. The molecule has 0 aliphatic carbocycles. The average Bonchev–Trinajstić information content (AvgIpc) is 2.58. The second-order valence-corrected chi connectivity index (χ2v) is 6.74. The number of benzene rings is 2. The van der Waals surface area contributed by atoms with E-state index in [4.69, 9.17) is 19.6 Å². The zero-order valence-corrected chi connectivity index (χ0v) is 14.7. The van der Waals surface area contributed by atoms with Crippen LogP contribution in [0, 0.1) is 5.92 Å². The fourth-order valence-electron chi connectivity index (χ4n) is 2.48. The second-order valence-electron chi connectivity index (χ2n) is 6.74. The summed E-state index contributed by atoms with van der Waals surface area (Å²) < 4.78 is 17.2. The highest BCUT2D eigenvalue weighted by molar-refractivity contribution is 5.90. The van der Waals surface area contributed by atoms with Crippen LogP contribution in [0.3, 0.4) is 0 Å². The molecule has 1 atom stereocenters. The molecule has 2 N–H and O–H groups in total. The fourth-order valence-corrected chi connectivity index (χ4v) is 2.48. The van der Waals surface area contributed by atoms with Crippen molar-refractivity contribution in [1.29, 1.82) is 0 Å². The Kier molecular flexibility index (Phi) is 4.95. The zero-order valence-electron chi connectivity index (χ0n) is 14.7. The Morgan fingerprint density at radius 3 is 1.92 bits per heavy atom. The zero-order chi connectivity index (χ0) is 18.0. The lowest BCUT2D eigenvalue weighted by atomic mass is 10.1. The van der Waals surface area contributed by atoms with Gasteiger partial charge in [0, 0.05) is 6.04 Å². The molecule has 0 aliphatic heterocycles. The Hall–Kier alpha value is -2.53. The van der Waals surface area contributed by atoms with Crippen LogP contribution in [0.2, 0.25) is 0 Å². The van der Waals surface area contributed by atoms with Crippen LogP contribution in [-0.2, 0) is 0 Å². The van der Waals surface area contributed by atoms with Gasteiger partial charge >= 0.3 is 0 Å². The Morgan fingerprint density at radius 2 is 1.44 bits per heavy atom. The molecule has 0 saturated carbocycles. The molecule has 25 heavy (non-hydrogen) atoms. The molecule has 1 heterocycles. The van der Waals surface area contributed by atoms with Crippen LogP contribution in [0.15, 0.2) is 45.6 Å². The molecule has 0 aliphatic rings. The van der Waals surface area contributed by atoms with Gasteiger partial charge in [-0.05, 0) is 49.2 Å². The largest absolute Gasteiger partial charge is 0.493 e. The van der Waals surface area contributed by atoms with Crippen LogP contribution >= 0.6 is 0 Å². The number of rotatable bonds is 6. The van der Waals surface area contributed by atoms with E-state index >= 15 is 0 Å². The minimum absolute atomic E-state index is 0.0793. The minimum Gasteiger partial charge on any atom is -0.493 e. The summed E-state index contributed by atoms with van der Waals surface area (Å²) in [6.45, 7) is 7.00. The van der Waals surface area contributed by atoms with E-state index in [1.807, 2.05) is 13.0 Å². The van der Waals surface area contributed by atoms with Gasteiger partial charge in [0.1, 0.15) is 29.3 Å². The number of fused-ring (bicyclic) bond motifs is 2. The molecule has 3 rings (SSSR count). The topological polar surface area (TPSA) is 74.7 Å². The summed E-state index contributed by atoms with van der Waals surface area (Å²) in [5.74, 6) is 1.68. The summed E-state index contributed by atoms with van der Waals surface area (Å²) in [7, 11) is 0. The molecule has 5 nitrogen and oxygen atoms in total. The van der Waals surface area contributed by atoms with Gasteiger partial charge in [-0.3, -0.25) is 4.79 Å². The van der Waals surface area contributed by atoms with Gasteiger partial charge in [-0.25, -0.2) is 0 Å². The molecule has 0 spiro atoms. The van der Waals surface area contributed by atoms with Crippen molar-refractivity contribution in [2.45, 2.75) is 26.8 Å². The Balaban J connectivity index is 2.03. The van der Waals surface area contributed by atoms with Gasteiger partial charge in [0.25, 0.3) is 0 Å². The summed E-state index contributed by atoms with van der Waals surface area (Å²) in [5.41, 5.74) is 6.67. The van der Waals surface area contributed by atoms with Gasteiger partial charge < -0.3 is 19.6 Å². The molecule has 132 valence electrons. The quantitative estimate of drug-likeness (QED) is 0.692. The smallest absolute Gasteiger partial charge is 0.200 e. The first-order chi connectivity index (χ1) is 11.9. The predicted molar refractivity (Wildman–Crippen MR) is 99.5 cm³/mol. The Bertz CT molecular complexity index is 870. The van der Waals surface area contributed by atoms with Crippen molar-refractivity contribution >= 4 is 21.9 Å². The summed E-state index contributed by atoms with van der Waals surface area (Å²) in [4.78, 5) is 12.9. The predicted octanol–water partition coefficient (Wildman–Crippen LogP) is 3.71. The van der Waals surface area contributed by atoms with Crippen molar-refractivity contribution in [3.63, 3.8) is 0 Å². The molecule has 2 aromatic carbocycles. The molecular weight excluding hydrogens is 318 g/mol. The third-order valence-corrected chi connectivity index (χ3v) is 3.71. The summed E-state index contributed by atoms with van der Waals surface area (Å²) >= 11 is 0. The monoisotopic (exact) mass is 341 g/mol. The molecule has 0 bridgehead atoms. The van der Waals surface area contributed by atoms with Crippen LogP contribution in [0.5, 0.6) is 11.5 Å². The number of hydrogen-bond donors (Lipinski definition) is 1. The number of nitrogens with two attached hydrogens (primary N) is 1. The maximum absolute atomic E-state index is 12.9. The van der Waals surface area contributed by atoms with Gasteiger partial charge in [-0.1, -0.05) is 13.8 Å². The van der Waals surface area contributed by atoms with E-state index < -0.39 is 0 Å². The van der Waals surface area contributed by atoms with Crippen molar-refractivity contribution in [3.8, 4) is 11.5 Å². The summed E-state index contributed by atoms with van der Waals surface area (Å²) in [5, 5.41) is 0.980. The van der Waals surface area contributed by atoms with E-state index in [0.29, 0.717) is 52.6 Å². The third-order valence-electron chi connectivity index (χ3n) is 3.71. The number of hydrogen-bond acceptors (Lipinski definition) is 5. The lowest BCUT2D eigenvalue weighted by molar-refractivity contribution is 0.271. The standard InChI is InChI=1S/C20H23NO4/c1-12(2)10-23-14-4-6-18-16(8-14)20(22)17-9-15(24-11-13(3)21)5-7-19(17)25-18/h4-9,12-13H,10-11,21H2,1-3H3. The van der Waals surface area contributed by atoms with Gasteiger partial charge in [-0.15, -0.1) is 0 Å². The summed E-state index contributed by atoms with van der Waals surface area (Å²) in [6.07, 6.45) is 0. The molecule has 0 saturated heterocycles. The maximum Gasteiger partial charge on any atom is 0.200 e. The van der Waals surface area contributed by atoms with Crippen LogP contribution in [0.25, 0.3) is 21.9 Å². The molecular formula is C20H23NO4. The summed E-state index contributed by atoms with van der Waals surface area (Å²) in [6, 6.07) is 10.5. The van der Waals surface area contributed by atoms with Crippen molar-refractivity contribution in [3.05, 3.63) is 46.6 Å². The molecule has 0 fully saturated rings. The maximum atomic E-state index is 12.9. The van der Waals surface area contributed by atoms with E-state index in [2.05, 4.69) is 13.8 Å². The first-order valence-electron chi connectivity index (χ1n) is 8.46. The molecule has 0 amide bonds. The van der Waals surface area contributed by atoms with Crippen LogP contribution in [0.1, 0.15) is 20.8 Å². The van der Waals surface area contributed by atoms with Crippen LogP contribution < -0.4 is 20.6 Å². The van der Waals surface area contributed by atoms with E-state index in [1.165, 1.54) is 0 Å². The van der Waals surface area contributed by atoms with Crippen LogP contribution in [0.4, 0.5) is 0 Å². The van der Waals surface area contributed by atoms with E-state index in [9.17, 15) is 4.79 Å². The van der Waals surface area contributed by atoms with Gasteiger partial charge in [0.15, 0.2) is 0 Å². The van der Waals surface area contributed by atoms with Crippen molar-refractivity contribution in [1.82, 2.24) is 0 Å². The van der Waals surface area contributed by atoms with Gasteiger partial charge in [0.05, 0.1) is 17.4 Å². The van der Waals surface area contributed by atoms with Crippen molar-refractivity contribution < 1.29 is 13.9 Å². The molecule has 3 aromatic rings. The third kappa shape index (κ3) is 3.94. The Labute approximate surface area is 146 Å². The minimum atomic E-state index is -0.0995. The SMILES string of the molecule is CC(C)COc1ccc2oc3ccc(OCC(C)N)cc3c(=O)c2c1. The van der Waals surface area contributed by atoms with E-state index in [1.54, 1.807) is 30.3 Å². The lowest BCUT2D eigenvalue weighted by Crippen LogP contribution is -2.23.